The first-order valence-electron chi connectivity index (χ1n) is 7.45. The maximum Gasteiger partial charge on any atom is 0.416 e. The second-order valence-corrected chi connectivity index (χ2v) is 5.50. The minimum atomic E-state index is -4.52. The average molecular weight is 383 g/mol. The van der Waals surface area contributed by atoms with E-state index in [0.29, 0.717) is 0 Å². The standard InChI is InChI=1S/C18H10F5NO3/c19-17(20)27-15-8-13(9-1-4-11(5-2-9)18(21,22)23)24-14-7-10(16(25)26)3-6-12(14)15/h1-8,17H,(H,25,26). The topological polar surface area (TPSA) is 59.4 Å². The average Bonchev–Trinajstić information content (AvgIpc) is 2.60. The Labute approximate surface area is 148 Å². The molecule has 1 heterocycles. The Morgan fingerprint density at radius 2 is 1.70 bits per heavy atom. The molecule has 140 valence electrons. The summed E-state index contributed by atoms with van der Waals surface area (Å²) >= 11 is 0. The SMILES string of the molecule is O=C(O)c1ccc2c(OC(F)F)cc(-c3ccc(C(F)(F)F)cc3)nc2c1. The molecule has 0 atom stereocenters. The molecule has 0 amide bonds. The van der Waals surface area contributed by atoms with E-state index in [1.165, 1.54) is 18.2 Å². The van der Waals surface area contributed by atoms with Crippen LogP contribution in [0, 0.1) is 0 Å². The molecule has 0 aliphatic heterocycles. The number of carbonyl (C=O) groups is 1. The number of rotatable bonds is 4. The second kappa shape index (κ2) is 6.82. The van der Waals surface area contributed by atoms with Crippen LogP contribution in [-0.2, 0) is 6.18 Å². The first kappa shape index (κ1) is 18.6. The maximum absolute atomic E-state index is 12.7. The molecule has 27 heavy (non-hydrogen) atoms. The number of fused-ring (bicyclic) bond motifs is 1. The molecule has 0 saturated carbocycles. The molecule has 0 saturated heterocycles. The van der Waals surface area contributed by atoms with Gasteiger partial charge >= 0.3 is 18.8 Å². The number of alkyl halides is 5. The molecule has 0 spiro atoms. The van der Waals surface area contributed by atoms with Gasteiger partial charge < -0.3 is 9.84 Å². The first-order chi connectivity index (χ1) is 12.6. The quantitative estimate of drug-likeness (QED) is 0.628. The van der Waals surface area contributed by atoms with Crippen molar-refractivity contribution in [3.8, 4) is 17.0 Å². The lowest BCUT2D eigenvalue weighted by molar-refractivity contribution is -0.137. The molecular weight excluding hydrogens is 373 g/mol. The summed E-state index contributed by atoms with van der Waals surface area (Å²) in [5.74, 6) is -1.50. The summed E-state index contributed by atoms with van der Waals surface area (Å²) in [7, 11) is 0. The van der Waals surface area contributed by atoms with Gasteiger partial charge in [-0.15, -0.1) is 0 Å². The second-order valence-electron chi connectivity index (χ2n) is 5.50. The van der Waals surface area contributed by atoms with Crippen molar-refractivity contribution in [1.29, 1.82) is 0 Å². The predicted molar refractivity (Wildman–Crippen MR) is 85.8 cm³/mol. The minimum Gasteiger partial charge on any atom is -0.478 e. The molecule has 2 aromatic carbocycles. The molecule has 3 aromatic rings. The number of pyridine rings is 1. The van der Waals surface area contributed by atoms with Gasteiger partial charge in [0.15, 0.2) is 0 Å². The number of benzene rings is 2. The maximum atomic E-state index is 12.7. The molecular formula is C18H10F5NO3. The van der Waals surface area contributed by atoms with Gasteiger partial charge in [-0.25, -0.2) is 9.78 Å². The highest BCUT2D eigenvalue weighted by atomic mass is 19.4. The number of hydrogen-bond acceptors (Lipinski definition) is 3. The van der Waals surface area contributed by atoms with E-state index in [-0.39, 0.29) is 33.5 Å². The highest BCUT2D eigenvalue weighted by Gasteiger charge is 2.30. The van der Waals surface area contributed by atoms with Crippen molar-refractivity contribution < 1.29 is 36.6 Å². The van der Waals surface area contributed by atoms with Gasteiger partial charge in [0.1, 0.15) is 5.75 Å². The molecule has 0 fully saturated rings. The van der Waals surface area contributed by atoms with Crippen molar-refractivity contribution in [3.05, 3.63) is 59.7 Å². The Morgan fingerprint density at radius 1 is 1.04 bits per heavy atom. The van der Waals surface area contributed by atoms with Crippen LogP contribution in [0.5, 0.6) is 5.75 Å². The van der Waals surface area contributed by atoms with Gasteiger partial charge in [0.2, 0.25) is 0 Å². The smallest absolute Gasteiger partial charge is 0.416 e. The van der Waals surface area contributed by atoms with Gasteiger partial charge in [-0.3, -0.25) is 0 Å². The molecule has 0 aliphatic rings. The summed E-state index contributed by atoms with van der Waals surface area (Å²) in [5, 5.41) is 9.22. The van der Waals surface area contributed by atoms with Crippen LogP contribution in [0.4, 0.5) is 22.0 Å². The molecule has 4 nitrogen and oxygen atoms in total. The van der Waals surface area contributed by atoms with Crippen LogP contribution in [0.1, 0.15) is 15.9 Å². The third-order valence-corrected chi connectivity index (χ3v) is 3.74. The fraction of sp³-hybridized carbons (Fsp3) is 0.111. The number of carboxylic acid groups (broad SMARTS) is 1. The van der Waals surface area contributed by atoms with Crippen LogP contribution in [-0.4, -0.2) is 22.7 Å². The van der Waals surface area contributed by atoms with E-state index in [2.05, 4.69) is 9.72 Å². The van der Waals surface area contributed by atoms with Crippen molar-refractivity contribution in [2.45, 2.75) is 12.8 Å². The van der Waals surface area contributed by atoms with Crippen LogP contribution in [0.25, 0.3) is 22.2 Å². The largest absolute Gasteiger partial charge is 0.478 e. The van der Waals surface area contributed by atoms with Crippen LogP contribution >= 0.6 is 0 Å². The third-order valence-electron chi connectivity index (χ3n) is 3.74. The van der Waals surface area contributed by atoms with Crippen molar-refractivity contribution in [2.24, 2.45) is 0 Å². The number of aromatic carboxylic acids is 1. The lowest BCUT2D eigenvalue weighted by atomic mass is 10.1. The molecule has 0 aliphatic carbocycles. The molecule has 1 aromatic heterocycles. The Morgan fingerprint density at radius 3 is 2.26 bits per heavy atom. The van der Waals surface area contributed by atoms with Gasteiger partial charge in [0.05, 0.1) is 22.3 Å². The van der Waals surface area contributed by atoms with E-state index < -0.39 is 24.3 Å². The minimum absolute atomic E-state index is 0.0583. The molecule has 9 heteroatoms. The number of nitrogens with zero attached hydrogens (tertiary/aromatic N) is 1. The molecule has 0 unspecified atom stereocenters. The van der Waals surface area contributed by atoms with Crippen LogP contribution < -0.4 is 4.74 Å². The predicted octanol–water partition coefficient (Wildman–Crippen LogP) is 5.22. The fourth-order valence-electron chi connectivity index (χ4n) is 2.50. The lowest BCUT2D eigenvalue weighted by Crippen LogP contribution is -2.05. The van der Waals surface area contributed by atoms with Crippen molar-refractivity contribution >= 4 is 16.9 Å². The zero-order valence-electron chi connectivity index (χ0n) is 13.3. The van der Waals surface area contributed by atoms with E-state index in [9.17, 15) is 26.7 Å². The van der Waals surface area contributed by atoms with E-state index in [1.807, 2.05) is 0 Å². The highest BCUT2D eigenvalue weighted by Crippen LogP contribution is 2.34. The van der Waals surface area contributed by atoms with Gasteiger partial charge in [-0.05, 0) is 30.3 Å². The Balaban J connectivity index is 2.15. The first-order valence-corrected chi connectivity index (χ1v) is 7.45. The Kier molecular flexibility index (Phi) is 4.69. The molecule has 0 bridgehead atoms. The Bertz CT molecular complexity index is 1000. The van der Waals surface area contributed by atoms with E-state index in [1.54, 1.807) is 0 Å². The summed E-state index contributed by atoms with van der Waals surface area (Å²) in [6, 6.07) is 8.78. The summed E-state index contributed by atoms with van der Waals surface area (Å²) in [4.78, 5) is 15.3. The zero-order chi connectivity index (χ0) is 19.8. The summed E-state index contributed by atoms with van der Waals surface area (Å²) in [6.07, 6.45) is -4.52. The number of halogens is 5. The molecule has 3 rings (SSSR count). The monoisotopic (exact) mass is 383 g/mol. The summed E-state index contributed by atoms with van der Waals surface area (Å²) < 4.78 is 67.9. The summed E-state index contributed by atoms with van der Waals surface area (Å²) in [6.45, 7) is -3.14. The van der Waals surface area contributed by atoms with Crippen LogP contribution in [0.15, 0.2) is 48.5 Å². The number of carboxylic acids is 1. The van der Waals surface area contributed by atoms with E-state index in [0.717, 1.165) is 30.3 Å². The van der Waals surface area contributed by atoms with E-state index >= 15 is 0 Å². The van der Waals surface area contributed by atoms with Crippen molar-refractivity contribution in [1.82, 2.24) is 4.98 Å². The third kappa shape index (κ3) is 3.97. The Hall–Kier alpha value is -3.23. The van der Waals surface area contributed by atoms with Gasteiger partial charge in [-0.1, -0.05) is 12.1 Å². The normalized spacial score (nSPS) is 11.8. The number of aromatic nitrogens is 1. The summed E-state index contributed by atoms with van der Waals surface area (Å²) in [5.41, 5.74) is -0.645. The number of ether oxygens (including phenoxy) is 1. The zero-order valence-corrected chi connectivity index (χ0v) is 13.3. The molecule has 1 N–H and O–H groups in total. The molecule has 0 radical (unpaired) electrons. The van der Waals surface area contributed by atoms with E-state index in [4.69, 9.17) is 5.11 Å². The van der Waals surface area contributed by atoms with Crippen molar-refractivity contribution in [3.63, 3.8) is 0 Å². The van der Waals surface area contributed by atoms with Gasteiger partial charge in [0, 0.05) is 17.0 Å². The van der Waals surface area contributed by atoms with Crippen LogP contribution in [0.2, 0.25) is 0 Å². The highest BCUT2D eigenvalue weighted by molar-refractivity contribution is 5.95. The van der Waals surface area contributed by atoms with Crippen molar-refractivity contribution in [2.75, 3.05) is 0 Å². The lowest BCUT2D eigenvalue weighted by Gasteiger charge is -2.12. The van der Waals surface area contributed by atoms with Gasteiger partial charge in [-0.2, -0.15) is 22.0 Å². The van der Waals surface area contributed by atoms with Crippen LogP contribution in [0.3, 0.4) is 0 Å². The van der Waals surface area contributed by atoms with Gasteiger partial charge in [0.25, 0.3) is 0 Å². The fourth-order valence-corrected chi connectivity index (χ4v) is 2.50. The number of hydrogen-bond donors (Lipinski definition) is 1.